The molecule has 0 saturated heterocycles. The molecule has 10 heteroatoms. The predicted octanol–water partition coefficient (Wildman–Crippen LogP) is 4.87. The highest BCUT2D eigenvalue weighted by Gasteiger charge is 2.30. The van der Waals surface area contributed by atoms with Gasteiger partial charge in [-0.3, -0.25) is 10.8 Å². The van der Waals surface area contributed by atoms with E-state index in [1.54, 1.807) is 0 Å². The number of rotatable bonds is 5. The lowest BCUT2D eigenvalue weighted by Gasteiger charge is -2.13. The summed E-state index contributed by atoms with van der Waals surface area (Å²) < 4.78 is 71.1. The molecule has 0 aliphatic heterocycles. The van der Waals surface area contributed by atoms with E-state index in [1.807, 2.05) is 0 Å². The highest BCUT2D eigenvalue weighted by atomic mass is 35.5. The minimum atomic E-state index is -2.38. The minimum absolute atomic E-state index is 0.0460. The lowest BCUT2D eigenvalue weighted by Crippen LogP contribution is -2.22. The summed E-state index contributed by atoms with van der Waals surface area (Å²) in [7, 11) is 0. The van der Waals surface area contributed by atoms with Gasteiger partial charge in [0.2, 0.25) is 17.6 Å². The molecule has 0 aliphatic rings. The highest BCUT2D eigenvalue weighted by Crippen LogP contribution is 2.24. The van der Waals surface area contributed by atoms with Gasteiger partial charge < -0.3 is 4.74 Å². The average Bonchev–Trinajstić information content (AvgIpc) is 2.60. The molecule has 1 aromatic rings. The van der Waals surface area contributed by atoms with Crippen molar-refractivity contribution in [3.8, 4) is 12.3 Å². The molecular weight excluding hydrogens is 402 g/mol. The Hall–Kier alpha value is -2.37. The molecule has 0 heterocycles. The van der Waals surface area contributed by atoms with E-state index in [-0.39, 0.29) is 10.9 Å². The van der Waals surface area contributed by atoms with Crippen LogP contribution in [0, 0.1) is 58.2 Å². The van der Waals surface area contributed by atoms with Crippen LogP contribution >= 0.6 is 23.2 Å². The summed E-state index contributed by atoms with van der Waals surface area (Å²) in [5.74, 6) is -12.9. The third-order valence-electron chi connectivity index (χ3n) is 2.80. The van der Waals surface area contributed by atoms with Crippen LogP contribution in [0.3, 0.4) is 0 Å². The summed E-state index contributed by atoms with van der Waals surface area (Å²) in [5.41, 5.74) is -1.63. The molecule has 1 rings (SSSR count). The van der Waals surface area contributed by atoms with Gasteiger partial charge in [-0.2, -0.15) is 0 Å². The summed E-state index contributed by atoms with van der Waals surface area (Å²) in [6.45, 7) is 0. The van der Waals surface area contributed by atoms with E-state index in [0.29, 0.717) is 0 Å². The van der Waals surface area contributed by atoms with Crippen LogP contribution in [0.4, 0.5) is 22.0 Å². The van der Waals surface area contributed by atoms with Crippen LogP contribution < -0.4 is 0 Å². The van der Waals surface area contributed by atoms with Gasteiger partial charge in [-0.1, -0.05) is 23.6 Å². The molecule has 0 radical (unpaired) electrons. The van der Waals surface area contributed by atoms with Crippen LogP contribution in [-0.4, -0.2) is 17.7 Å². The third-order valence-corrected chi connectivity index (χ3v) is 3.23. The van der Waals surface area contributed by atoms with Gasteiger partial charge in [-0.05, 0) is 12.2 Å². The van der Waals surface area contributed by atoms with Crippen molar-refractivity contribution >= 4 is 35.0 Å². The Kier molecular flexibility index (Phi) is 7.80. The first-order chi connectivity index (χ1) is 12.1. The van der Waals surface area contributed by atoms with E-state index in [4.69, 9.17) is 40.4 Å². The summed E-state index contributed by atoms with van der Waals surface area (Å²) in [4.78, 5) is 0. The van der Waals surface area contributed by atoms with Gasteiger partial charge in [0.1, 0.15) is 11.5 Å². The van der Waals surface area contributed by atoms with Gasteiger partial charge in [0.05, 0.1) is 0 Å². The van der Waals surface area contributed by atoms with Gasteiger partial charge in [-0.15, -0.1) is 18.0 Å². The van der Waals surface area contributed by atoms with Crippen LogP contribution in [0.5, 0.6) is 0 Å². The minimum Gasteiger partial charge on any atom is -0.423 e. The monoisotopic (exact) mass is 410 g/mol. The molecular formula is C16H9Cl2F5N2O. The lowest BCUT2D eigenvalue weighted by atomic mass is 10.1. The van der Waals surface area contributed by atoms with Crippen molar-refractivity contribution in [1.29, 1.82) is 10.8 Å². The summed E-state index contributed by atoms with van der Waals surface area (Å²) >= 11 is 11.2. The molecule has 1 unspecified atom stereocenters. The fraction of sp³-hybridized carbons (Fsp3) is 0.125. The summed E-state index contributed by atoms with van der Waals surface area (Å²) in [6.07, 6.45) is 9.11. The first kappa shape index (κ1) is 21.7. The van der Waals surface area contributed by atoms with Crippen molar-refractivity contribution in [2.75, 3.05) is 5.88 Å². The largest absolute Gasteiger partial charge is 0.423 e. The number of ether oxygens (including phenoxy) is 1. The zero-order chi connectivity index (χ0) is 20.0. The Morgan fingerprint density at radius 2 is 1.58 bits per heavy atom. The SMILES string of the molecule is C#CC(/C=C(Cl)\C=C/CCl)C(=N)OC(=N)c1c(F)c(F)c(F)c(F)c1F. The van der Waals surface area contributed by atoms with Gasteiger partial charge in [-0.25, -0.2) is 22.0 Å². The number of nitrogens with one attached hydrogen (secondary N) is 2. The van der Waals surface area contributed by atoms with Gasteiger partial charge >= 0.3 is 0 Å². The Morgan fingerprint density at radius 3 is 2.04 bits per heavy atom. The van der Waals surface area contributed by atoms with Crippen molar-refractivity contribution in [1.82, 2.24) is 0 Å². The molecule has 0 bridgehead atoms. The van der Waals surface area contributed by atoms with E-state index in [2.05, 4.69) is 10.7 Å². The molecule has 1 aromatic carbocycles. The highest BCUT2D eigenvalue weighted by molar-refractivity contribution is 6.31. The van der Waals surface area contributed by atoms with E-state index in [1.165, 1.54) is 12.2 Å². The van der Waals surface area contributed by atoms with Crippen LogP contribution in [0.1, 0.15) is 5.56 Å². The van der Waals surface area contributed by atoms with Gasteiger partial charge in [0.15, 0.2) is 23.3 Å². The molecule has 26 heavy (non-hydrogen) atoms. The third kappa shape index (κ3) is 4.84. The molecule has 0 aromatic heterocycles. The van der Waals surface area contributed by atoms with Crippen molar-refractivity contribution in [3.05, 3.63) is 57.9 Å². The number of hydrogen-bond acceptors (Lipinski definition) is 3. The van der Waals surface area contributed by atoms with Crippen LogP contribution in [-0.2, 0) is 4.74 Å². The van der Waals surface area contributed by atoms with E-state index in [9.17, 15) is 22.0 Å². The molecule has 3 nitrogen and oxygen atoms in total. The molecule has 0 spiro atoms. The number of halogens is 7. The molecule has 0 aliphatic carbocycles. The number of allylic oxidation sites excluding steroid dienone is 3. The zero-order valence-electron chi connectivity index (χ0n) is 12.6. The zero-order valence-corrected chi connectivity index (χ0v) is 14.2. The maximum absolute atomic E-state index is 13.6. The molecule has 0 saturated carbocycles. The first-order valence-electron chi connectivity index (χ1n) is 6.58. The second-order valence-corrected chi connectivity index (χ2v) is 5.24. The smallest absolute Gasteiger partial charge is 0.227 e. The Morgan fingerprint density at radius 1 is 1.08 bits per heavy atom. The number of alkyl halides is 1. The van der Waals surface area contributed by atoms with Crippen molar-refractivity contribution in [2.45, 2.75) is 0 Å². The van der Waals surface area contributed by atoms with Gasteiger partial charge in [0, 0.05) is 10.9 Å². The van der Waals surface area contributed by atoms with Crippen molar-refractivity contribution < 1.29 is 26.7 Å². The normalized spacial score (nSPS) is 12.8. The molecule has 0 fully saturated rings. The quantitative estimate of drug-likeness (QED) is 0.104. The molecule has 2 N–H and O–H groups in total. The second kappa shape index (κ2) is 9.36. The first-order valence-corrected chi connectivity index (χ1v) is 7.49. The van der Waals surface area contributed by atoms with Crippen LogP contribution in [0.15, 0.2) is 23.3 Å². The Bertz CT molecular complexity index is 817. The van der Waals surface area contributed by atoms with Crippen LogP contribution in [0.25, 0.3) is 0 Å². The predicted molar refractivity (Wildman–Crippen MR) is 88.0 cm³/mol. The standard InChI is InChI=1S/C16H9Cl2F5N2O/c1-2-7(6-8(18)4-3-5-17)15(24)26-16(25)9-10(19)12(21)14(23)13(22)11(9)20/h1,3-4,6-7,24-25H,5H2/b4-3-,8-6+,24-15?,25-16?. The summed E-state index contributed by atoms with van der Waals surface area (Å²) in [5, 5.41) is 15.1. The number of benzene rings is 1. The maximum Gasteiger partial charge on any atom is 0.227 e. The maximum atomic E-state index is 13.6. The van der Waals surface area contributed by atoms with E-state index < -0.39 is 52.4 Å². The van der Waals surface area contributed by atoms with E-state index in [0.717, 1.165) is 6.08 Å². The fourth-order valence-corrected chi connectivity index (χ4v) is 1.90. The second-order valence-electron chi connectivity index (χ2n) is 4.49. The van der Waals surface area contributed by atoms with Gasteiger partial charge in [0.25, 0.3) is 0 Å². The topological polar surface area (TPSA) is 56.9 Å². The Balaban J connectivity index is 3.13. The lowest BCUT2D eigenvalue weighted by molar-refractivity contribution is 0.373. The van der Waals surface area contributed by atoms with Crippen molar-refractivity contribution in [2.24, 2.45) is 5.92 Å². The fourth-order valence-electron chi connectivity index (χ4n) is 1.60. The summed E-state index contributed by atoms with van der Waals surface area (Å²) in [6, 6.07) is 0. The van der Waals surface area contributed by atoms with Crippen LogP contribution in [0.2, 0.25) is 0 Å². The molecule has 138 valence electrons. The molecule has 1 atom stereocenters. The van der Waals surface area contributed by atoms with E-state index >= 15 is 0 Å². The Labute approximate surface area is 155 Å². The number of hydrogen-bond donors (Lipinski definition) is 2. The molecule has 0 amide bonds. The number of terminal acetylenes is 1. The average molecular weight is 411 g/mol. The van der Waals surface area contributed by atoms with Crippen molar-refractivity contribution in [3.63, 3.8) is 0 Å².